The Morgan fingerprint density at radius 3 is 2.84 bits per heavy atom. The van der Waals surface area contributed by atoms with E-state index in [-0.39, 0.29) is 10.6 Å². The molecule has 0 saturated heterocycles. The number of aliphatic hydroxyl groups is 1. The van der Waals surface area contributed by atoms with Crippen LogP contribution in [0.25, 0.3) is 0 Å². The zero-order valence-corrected chi connectivity index (χ0v) is 12.4. The summed E-state index contributed by atoms with van der Waals surface area (Å²) >= 11 is 3.26. The van der Waals surface area contributed by atoms with Crippen molar-refractivity contribution in [3.05, 3.63) is 40.0 Å². The van der Waals surface area contributed by atoms with Crippen molar-refractivity contribution in [3.63, 3.8) is 0 Å². The molecule has 0 spiro atoms. The zero-order chi connectivity index (χ0) is 14.0. The van der Waals surface area contributed by atoms with Crippen molar-refractivity contribution < 1.29 is 13.5 Å². The summed E-state index contributed by atoms with van der Waals surface area (Å²) in [5.41, 5.74) is 1.21. The highest BCUT2D eigenvalue weighted by atomic mass is 79.9. The van der Waals surface area contributed by atoms with Crippen molar-refractivity contribution in [2.45, 2.75) is 18.6 Å². The van der Waals surface area contributed by atoms with Crippen LogP contribution in [0.15, 0.2) is 33.8 Å². The molecule has 0 radical (unpaired) electrons. The number of nitrogens with zero attached hydrogens (tertiary/aromatic N) is 1. The topological polar surface area (TPSA) is 95.1 Å². The number of anilines is 1. The minimum atomic E-state index is -3.83. The number of hydrogen-bond acceptors (Lipinski definition) is 4. The molecule has 102 valence electrons. The molecule has 0 aliphatic rings. The minimum absolute atomic E-state index is 0.188. The number of aromatic nitrogens is 2. The summed E-state index contributed by atoms with van der Waals surface area (Å²) < 4.78 is 27.5. The summed E-state index contributed by atoms with van der Waals surface area (Å²) in [6.45, 7) is 1.26. The van der Waals surface area contributed by atoms with Crippen LogP contribution in [-0.2, 0) is 16.6 Å². The summed E-state index contributed by atoms with van der Waals surface area (Å²) in [5.74, 6) is 0. The van der Waals surface area contributed by atoms with Crippen LogP contribution >= 0.6 is 15.9 Å². The fraction of sp³-hybridized carbons (Fsp3) is 0.182. The number of sulfonamides is 1. The second-order valence-corrected chi connectivity index (χ2v) is 6.42. The predicted octanol–water partition coefficient (Wildman–Crippen LogP) is 1.77. The normalized spacial score (nSPS) is 11.5. The molecule has 0 amide bonds. The van der Waals surface area contributed by atoms with Crippen LogP contribution in [0.3, 0.4) is 0 Å². The van der Waals surface area contributed by atoms with Gasteiger partial charge in [0.1, 0.15) is 0 Å². The SMILES string of the molecule is Cc1[nH]nc(S(=O)(=O)Nc2cccc(Br)c2)c1CO. The highest BCUT2D eigenvalue weighted by Crippen LogP contribution is 2.21. The number of nitrogens with one attached hydrogen (secondary N) is 2. The highest BCUT2D eigenvalue weighted by Gasteiger charge is 2.23. The first-order valence-corrected chi connectivity index (χ1v) is 7.65. The number of aryl methyl sites for hydroxylation is 1. The van der Waals surface area contributed by atoms with Crippen molar-refractivity contribution in [1.29, 1.82) is 0 Å². The van der Waals surface area contributed by atoms with Crippen LogP contribution in [-0.4, -0.2) is 23.7 Å². The second kappa shape index (κ2) is 5.32. The number of rotatable bonds is 4. The third-order valence-corrected chi connectivity index (χ3v) is 4.37. The molecule has 0 aliphatic carbocycles. The van der Waals surface area contributed by atoms with E-state index in [1.165, 1.54) is 0 Å². The van der Waals surface area contributed by atoms with E-state index >= 15 is 0 Å². The molecule has 19 heavy (non-hydrogen) atoms. The van der Waals surface area contributed by atoms with E-state index in [1.807, 2.05) is 0 Å². The molecule has 3 N–H and O–H groups in total. The Kier molecular flexibility index (Phi) is 3.93. The van der Waals surface area contributed by atoms with Crippen LogP contribution < -0.4 is 4.72 Å². The van der Waals surface area contributed by atoms with Gasteiger partial charge < -0.3 is 5.11 Å². The van der Waals surface area contributed by atoms with E-state index in [0.29, 0.717) is 11.4 Å². The van der Waals surface area contributed by atoms with Gasteiger partial charge in [0.25, 0.3) is 10.0 Å². The fourth-order valence-electron chi connectivity index (χ4n) is 1.59. The quantitative estimate of drug-likeness (QED) is 0.786. The van der Waals surface area contributed by atoms with Gasteiger partial charge in [0, 0.05) is 21.4 Å². The molecule has 1 aromatic carbocycles. The number of halogens is 1. The van der Waals surface area contributed by atoms with Crippen LogP contribution in [0.5, 0.6) is 0 Å². The maximum atomic E-state index is 12.2. The first-order valence-electron chi connectivity index (χ1n) is 5.37. The fourth-order valence-corrected chi connectivity index (χ4v) is 3.23. The Morgan fingerprint density at radius 2 is 2.21 bits per heavy atom. The lowest BCUT2D eigenvalue weighted by molar-refractivity contribution is 0.277. The Hall–Kier alpha value is -1.38. The molecule has 8 heteroatoms. The number of aliphatic hydroxyl groups excluding tert-OH is 1. The van der Waals surface area contributed by atoms with E-state index in [2.05, 4.69) is 30.8 Å². The maximum absolute atomic E-state index is 12.2. The third-order valence-electron chi connectivity index (χ3n) is 2.53. The van der Waals surface area contributed by atoms with E-state index in [1.54, 1.807) is 31.2 Å². The largest absolute Gasteiger partial charge is 0.392 e. The lowest BCUT2D eigenvalue weighted by Crippen LogP contribution is -2.15. The summed E-state index contributed by atoms with van der Waals surface area (Å²) in [6, 6.07) is 6.76. The van der Waals surface area contributed by atoms with Crippen molar-refractivity contribution in [2.75, 3.05) is 4.72 Å². The Bertz CT molecular complexity index is 697. The molecular weight excluding hydrogens is 334 g/mol. The van der Waals surface area contributed by atoms with Gasteiger partial charge in [0.2, 0.25) is 5.03 Å². The van der Waals surface area contributed by atoms with E-state index in [9.17, 15) is 13.5 Å². The van der Waals surface area contributed by atoms with Gasteiger partial charge in [-0.05, 0) is 25.1 Å². The van der Waals surface area contributed by atoms with Crippen LogP contribution in [0.2, 0.25) is 0 Å². The first kappa shape index (κ1) is 14.0. The van der Waals surface area contributed by atoms with E-state index < -0.39 is 16.6 Å². The molecule has 0 aliphatic heterocycles. The maximum Gasteiger partial charge on any atom is 0.281 e. The van der Waals surface area contributed by atoms with Crippen molar-refractivity contribution in [1.82, 2.24) is 10.2 Å². The number of hydrogen-bond donors (Lipinski definition) is 3. The van der Waals surface area contributed by atoms with Gasteiger partial charge in [-0.1, -0.05) is 22.0 Å². The number of H-pyrrole nitrogens is 1. The average Bonchev–Trinajstić information content (AvgIpc) is 2.70. The molecule has 2 rings (SSSR count). The van der Waals surface area contributed by atoms with Crippen LogP contribution in [0.4, 0.5) is 5.69 Å². The van der Waals surface area contributed by atoms with E-state index in [0.717, 1.165) is 4.47 Å². The number of benzene rings is 1. The van der Waals surface area contributed by atoms with Crippen molar-refractivity contribution >= 4 is 31.6 Å². The molecule has 0 saturated carbocycles. The smallest absolute Gasteiger partial charge is 0.281 e. The predicted molar refractivity (Wildman–Crippen MR) is 74.2 cm³/mol. The van der Waals surface area contributed by atoms with Gasteiger partial charge >= 0.3 is 0 Å². The lowest BCUT2D eigenvalue weighted by atomic mass is 10.3. The monoisotopic (exact) mass is 345 g/mol. The Balaban J connectivity index is 2.38. The second-order valence-electron chi connectivity index (χ2n) is 3.91. The van der Waals surface area contributed by atoms with Gasteiger partial charge in [-0.3, -0.25) is 9.82 Å². The summed E-state index contributed by atoms with van der Waals surface area (Å²) in [4.78, 5) is 0. The first-order chi connectivity index (χ1) is 8.94. The summed E-state index contributed by atoms with van der Waals surface area (Å²) in [7, 11) is -3.83. The summed E-state index contributed by atoms with van der Waals surface area (Å²) in [5, 5.41) is 15.3. The van der Waals surface area contributed by atoms with E-state index in [4.69, 9.17) is 0 Å². The third kappa shape index (κ3) is 2.96. The molecule has 0 fully saturated rings. The standard InChI is InChI=1S/C11H12BrN3O3S/c1-7-10(6-16)11(14-13-7)19(17,18)15-9-4-2-3-8(12)5-9/h2-5,15-16H,6H2,1H3,(H,13,14). The molecular formula is C11H12BrN3O3S. The zero-order valence-electron chi connectivity index (χ0n) is 10.0. The lowest BCUT2D eigenvalue weighted by Gasteiger charge is -2.07. The Morgan fingerprint density at radius 1 is 1.47 bits per heavy atom. The van der Waals surface area contributed by atoms with Crippen molar-refractivity contribution in [3.8, 4) is 0 Å². The molecule has 1 heterocycles. The number of aromatic amines is 1. The highest BCUT2D eigenvalue weighted by molar-refractivity contribution is 9.10. The van der Waals surface area contributed by atoms with Crippen LogP contribution in [0.1, 0.15) is 11.3 Å². The van der Waals surface area contributed by atoms with Gasteiger partial charge in [-0.2, -0.15) is 13.5 Å². The molecule has 0 unspecified atom stereocenters. The van der Waals surface area contributed by atoms with Gasteiger partial charge in [0.05, 0.1) is 6.61 Å². The average molecular weight is 346 g/mol. The molecule has 0 atom stereocenters. The van der Waals surface area contributed by atoms with Gasteiger partial charge in [-0.25, -0.2) is 0 Å². The van der Waals surface area contributed by atoms with Crippen LogP contribution in [0, 0.1) is 6.92 Å². The molecule has 0 bridgehead atoms. The molecule has 1 aromatic heterocycles. The molecule has 2 aromatic rings. The summed E-state index contributed by atoms with van der Waals surface area (Å²) in [6.07, 6.45) is 0. The molecule has 6 nitrogen and oxygen atoms in total. The Labute approximate surface area is 119 Å². The minimum Gasteiger partial charge on any atom is -0.392 e. The van der Waals surface area contributed by atoms with Crippen molar-refractivity contribution in [2.24, 2.45) is 0 Å². The van der Waals surface area contributed by atoms with Gasteiger partial charge in [0.15, 0.2) is 0 Å². The van der Waals surface area contributed by atoms with Gasteiger partial charge in [-0.15, -0.1) is 0 Å².